The van der Waals surface area contributed by atoms with E-state index in [0.29, 0.717) is 29.1 Å². The minimum absolute atomic E-state index is 0.243. The number of carbonyl (C=O) groups is 4. The summed E-state index contributed by atoms with van der Waals surface area (Å²) in [4.78, 5) is 44.8. The van der Waals surface area contributed by atoms with Gasteiger partial charge in [0, 0.05) is 49.4 Å². The Labute approximate surface area is 260 Å². The molecule has 0 bridgehead atoms. The van der Waals surface area contributed by atoms with Gasteiger partial charge in [-0.15, -0.1) is 0 Å². The molecule has 0 aliphatic heterocycles. The summed E-state index contributed by atoms with van der Waals surface area (Å²) in [5.74, 6) is 5.75. The molecule has 0 aromatic heterocycles. The molecule has 0 atom stereocenters. The van der Waals surface area contributed by atoms with Crippen LogP contribution in [0.15, 0.2) is 0 Å². The lowest BCUT2D eigenvalue weighted by molar-refractivity contribution is -0.124. The van der Waals surface area contributed by atoms with Gasteiger partial charge in [-0.25, -0.2) is 0 Å². The van der Waals surface area contributed by atoms with Crippen molar-refractivity contribution in [2.75, 3.05) is 0 Å². The standard InChI is InChI=1S/C11H20O.C10H18O.C9H16O.C8H14O/c1-9(2)11(12)8-10-6-4-3-5-7-10;1-8(2)10(11)7-9-5-3-4-6-9;1-7(2)9(10)6-8-4-3-5-8;1-6(2)8(9)5-7-3-4-7/h9-10H,3-8H2,1-2H3;8-9H,3-7H2,1-2H3;7-8H,3-6H2,1-2H3;6-7H,3-5H2,1-2H3. The molecule has 4 rings (SSSR count). The van der Waals surface area contributed by atoms with E-state index < -0.39 is 0 Å². The zero-order chi connectivity index (χ0) is 31.7. The Hall–Kier alpha value is -1.32. The van der Waals surface area contributed by atoms with E-state index in [9.17, 15) is 19.2 Å². The van der Waals surface area contributed by atoms with Crippen molar-refractivity contribution in [3.8, 4) is 0 Å². The van der Waals surface area contributed by atoms with Gasteiger partial charge >= 0.3 is 0 Å². The lowest BCUT2D eigenvalue weighted by Crippen LogP contribution is -2.18. The summed E-state index contributed by atoms with van der Waals surface area (Å²) in [5, 5.41) is 0. The highest BCUT2D eigenvalue weighted by molar-refractivity contribution is 5.81. The fourth-order valence-electron chi connectivity index (χ4n) is 5.71. The maximum Gasteiger partial charge on any atom is 0.135 e. The van der Waals surface area contributed by atoms with Crippen LogP contribution in [-0.2, 0) is 19.2 Å². The first kappa shape index (κ1) is 38.7. The normalized spacial score (nSPS) is 19.3. The second kappa shape index (κ2) is 21.4. The summed E-state index contributed by atoms with van der Waals surface area (Å²) in [6, 6.07) is 0. The lowest BCUT2D eigenvalue weighted by atomic mass is 9.80. The van der Waals surface area contributed by atoms with Crippen LogP contribution in [0.25, 0.3) is 0 Å². The molecular weight excluding hydrogens is 520 g/mol. The van der Waals surface area contributed by atoms with Crippen LogP contribution in [0.3, 0.4) is 0 Å². The third-order valence-corrected chi connectivity index (χ3v) is 9.66. The van der Waals surface area contributed by atoms with Gasteiger partial charge in [0.2, 0.25) is 0 Å². The average Bonchev–Trinajstić information content (AvgIpc) is 3.58. The van der Waals surface area contributed by atoms with E-state index in [0.717, 1.165) is 43.4 Å². The van der Waals surface area contributed by atoms with Crippen molar-refractivity contribution in [2.24, 2.45) is 47.3 Å². The monoisotopic (exact) mass is 589 g/mol. The minimum atomic E-state index is 0.243. The van der Waals surface area contributed by atoms with E-state index in [1.807, 2.05) is 55.4 Å². The maximum absolute atomic E-state index is 11.4. The first-order chi connectivity index (χ1) is 19.8. The predicted octanol–water partition coefficient (Wildman–Crippen LogP) is 10.4. The first-order valence-electron chi connectivity index (χ1n) is 17.9. The van der Waals surface area contributed by atoms with Crippen molar-refractivity contribution in [1.29, 1.82) is 0 Å². The van der Waals surface area contributed by atoms with E-state index in [-0.39, 0.29) is 23.7 Å². The molecule has 0 aromatic rings. The first-order valence-corrected chi connectivity index (χ1v) is 17.9. The summed E-state index contributed by atoms with van der Waals surface area (Å²) < 4.78 is 0. The van der Waals surface area contributed by atoms with E-state index in [1.165, 1.54) is 89.9 Å². The van der Waals surface area contributed by atoms with E-state index >= 15 is 0 Å². The fourth-order valence-corrected chi connectivity index (χ4v) is 5.71. The molecule has 4 saturated carbocycles. The second-order valence-corrected chi connectivity index (χ2v) is 15.2. The van der Waals surface area contributed by atoms with Gasteiger partial charge in [0.05, 0.1) is 0 Å². The van der Waals surface area contributed by atoms with E-state index in [2.05, 4.69) is 0 Å². The van der Waals surface area contributed by atoms with E-state index in [1.54, 1.807) is 0 Å². The Morgan fingerprint density at radius 1 is 0.357 bits per heavy atom. The Morgan fingerprint density at radius 3 is 0.762 bits per heavy atom. The molecule has 4 aliphatic rings. The fraction of sp³-hybridized carbons (Fsp3) is 0.895. The quantitative estimate of drug-likeness (QED) is 0.227. The zero-order valence-electron chi connectivity index (χ0n) is 29.0. The van der Waals surface area contributed by atoms with Crippen molar-refractivity contribution < 1.29 is 19.2 Å². The topological polar surface area (TPSA) is 68.3 Å². The predicted molar refractivity (Wildman–Crippen MR) is 176 cm³/mol. The Bertz CT molecular complexity index is 773. The number of hydrogen-bond donors (Lipinski definition) is 0. The van der Waals surface area contributed by atoms with Crippen LogP contribution in [0, 0.1) is 47.3 Å². The van der Waals surface area contributed by atoms with Crippen LogP contribution in [0.1, 0.15) is 171 Å². The highest BCUT2D eigenvalue weighted by Crippen LogP contribution is 2.33. The third kappa shape index (κ3) is 18.4. The van der Waals surface area contributed by atoms with Gasteiger partial charge < -0.3 is 0 Å². The Balaban J connectivity index is 0.000000281. The molecule has 4 heteroatoms. The molecule has 0 N–H and O–H groups in total. The highest BCUT2D eigenvalue weighted by atomic mass is 16.1. The molecule has 4 nitrogen and oxygen atoms in total. The Kier molecular flexibility index (Phi) is 19.7. The summed E-state index contributed by atoms with van der Waals surface area (Å²) in [6.07, 6.45) is 21.8. The van der Waals surface area contributed by atoms with Gasteiger partial charge in [0.15, 0.2) is 0 Å². The summed E-state index contributed by atoms with van der Waals surface area (Å²) in [7, 11) is 0. The largest absolute Gasteiger partial charge is 0.299 e. The van der Waals surface area contributed by atoms with Gasteiger partial charge in [-0.3, -0.25) is 19.2 Å². The molecule has 0 aromatic carbocycles. The van der Waals surface area contributed by atoms with Crippen LogP contribution >= 0.6 is 0 Å². The van der Waals surface area contributed by atoms with Crippen molar-refractivity contribution in [2.45, 2.75) is 171 Å². The highest BCUT2D eigenvalue weighted by Gasteiger charge is 2.25. The van der Waals surface area contributed by atoms with Crippen molar-refractivity contribution in [3.63, 3.8) is 0 Å². The molecule has 42 heavy (non-hydrogen) atoms. The SMILES string of the molecule is CC(C)C(=O)CC1CC1.CC(C)C(=O)CC1CCC1.CC(C)C(=O)CC1CCCC1.CC(C)C(=O)CC1CCCCC1. The molecule has 0 amide bonds. The smallest absolute Gasteiger partial charge is 0.135 e. The van der Waals surface area contributed by atoms with Gasteiger partial charge in [-0.2, -0.15) is 0 Å². The van der Waals surface area contributed by atoms with Gasteiger partial charge in [-0.05, 0) is 36.5 Å². The molecule has 0 heterocycles. The lowest BCUT2D eigenvalue weighted by Gasteiger charge is -2.24. The molecule has 4 fully saturated rings. The Morgan fingerprint density at radius 2 is 0.571 bits per heavy atom. The molecule has 0 spiro atoms. The van der Waals surface area contributed by atoms with Crippen molar-refractivity contribution in [1.82, 2.24) is 0 Å². The summed E-state index contributed by atoms with van der Waals surface area (Å²) in [5.41, 5.74) is 0. The van der Waals surface area contributed by atoms with Crippen LogP contribution in [0.4, 0.5) is 0 Å². The van der Waals surface area contributed by atoms with Crippen LogP contribution in [0.2, 0.25) is 0 Å². The molecule has 0 radical (unpaired) electrons. The number of carbonyl (C=O) groups excluding carboxylic acids is 4. The molecule has 0 saturated heterocycles. The summed E-state index contributed by atoms with van der Waals surface area (Å²) in [6.45, 7) is 15.9. The summed E-state index contributed by atoms with van der Waals surface area (Å²) >= 11 is 0. The molecule has 4 aliphatic carbocycles. The van der Waals surface area contributed by atoms with Crippen LogP contribution < -0.4 is 0 Å². The molecular formula is C38H68O4. The average molecular weight is 589 g/mol. The van der Waals surface area contributed by atoms with Gasteiger partial charge in [0.1, 0.15) is 23.1 Å². The molecule has 0 unspecified atom stereocenters. The van der Waals surface area contributed by atoms with Crippen LogP contribution in [0.5, 0.6) is 0 Å². The van der Waals surface area contributed by atoms with E-state index in [4.69, 9.17) is 0 Å². The van der Waals surface area contributed by atoms with Crippen molar-refractivity contribution >= 4 is 23.1 Å². The molecule has 244 valence electrons. The van der Waals surface area contributed by atoms with Crippen molar-refractivity contribution in [3.05, 3.63) is 0 Å². The second-order valence-electron chi connectivity index (χ2n) is 15.2. The minimum Gasteiger partial charge on any atom is -0.299 e. The number of Topliss-reactive ketones (excluding diaryl/α,β-unsaturated/α-hetero) is 4. The van der Waals surface area contributed by atoms with Gasteiger partial charge in [-0.1, -0.05) is 132 Å². The third-order valence-electron chi connectivity index (χ3n) is 9.66. The maximum atomic E-state index is 11.4. The number of rotatable bonds is 12. The van der Waals surface area contributed by atoms with Gasteiger partial charge in [0.25, 0.3) is 0 Å². The number of hydrogen-bond acceptors (Lipinski definition) is 4. The number of ketones is 4. The van der Waals surface area contributed by atoms with Crippen LogP contribution in [-0.4, -0.2) is 23.1 Å². The zero-order valence-corrected chi connectivity index (χ0v) is 29.0.